The van der Waals surface area contributed by atoms with E-state index < -0.39 is 12.9 Å². The van der Waals surface area contributed by atoms with Crippen LogP contribution in [-0.4, -0.2) is 26.1 Å². The van der Waals surface area contributed by atoms with Crippen LogP contribution in [0.4, 0.5) is 0 Å². The third-order valence-corrected chi connectivity index (χ3v) is 1.06. The van der Waals surface area contributed by atoms with Crippen LogP contribution in [-0.2, 0) is 0 Å². The SMILES string of the molecule is [2H]N([2H])C([2H])([2H])C([2H])([2H])CCNCCCN. The Morgan fingerprint density at radius 2 is 2.20 bits per heavy atom. The van der Waals surface area contributed by atoms with Crippen LogP contribution in [0.3, 0.4) is 0 Å². The third-order valence-electron chi connectivity index (χ3n) is 1.06. The van der Waals surface area contributed by atoms with Crippen molar-refractivity contribution in [2.75, 3.05) is 26.1 Å². The van der Waals surface area contributed by atoms with Gasteiger partial charge in [-0.3, -0.25) is 0 Å². The molecule has 5 N–H and O–H groups in total. The minimum absolute atomic E-state index is 0.0984. The second-order valence-electron chi connectivity index (χ2n) is 1.93. The average molecular weight is 151 g/mol. The van der Waals surface area contributed by atoms with E-state index in [4.69, 9.17) is 14.0 Å². The van der Waals surface area contributed by atoms with Gasteiger partial charge in [0.25, 0.3) is 0 Å². The summed E-state index contributed by atoms with van der Waals surface area (Å²) >= 11 is 0. The molecule has 0 saturated heterocycles. The van der Waals surface area contributed by atoms with Crippen molar-refractivity contribution in [2.45, 2.75) is 19.2 Å². The van der Waals surface area contributed by atoms with Crippen LogP contribution >= 0.6 is 0 Å². The summed E-state index contributed by atoms with van der Waals surface area (Å²) in [6, 6.07) is 0. The fourth-order valence-electron chi connectivity index (χ4n) is 0.559. The number of rotatable bonds is 8. The first-order chi connectivity index (χ1) is 7.25. The van der Waals surface area contributed by atoms with Crippen molar-refractivity contribution in [3.05, 3.63) is 0 Å². The van der Waals surface area contributed by atoms with Crippen molar-refractivity contribution in [2.24, 2.45) is 11.5 Å². The second kappa shape index (κ2) is 8.88. The molecule has 0 aromatic carbocycles. The van der Waals surface area contributed by atoms with Gasteiger partial charge in [0.1, 0.15) is 2.82 Å². The quantitative estimate of drug-likeness (QED) is 0.416. The molecular weight excluding hydrogens is 126 g/mol. The molecule has 0 aromatic heterocycles. The van der Waals surface area contributed by atoms with Gasteiger partial charge in [-0.05, 0) is 45.3 Å². The highest BCUT2D eigenvalue weighted by atomic mass is 14.8. The van der Waals surface area contributed by atoms with E-state index in [2.05, 4.69) is 5.32 Å². The maximum absolute atomic E-state index is 7.48. The van der Waals surface area contributed by atoms with Crippen LogP contribution in [0, 0.1) is 0 Å². The Kier molecular flexibility index (Phi) is 3.12. The summed E-state index contributed by atoms with van der Waals surface area (Å²) in [4.78, 5) is 0. The van der Waals surface area contributed by atoms with Gasteiger partial charge in [0.05, 0.1) is 0 Å². The van der Waals surface area contributed by atoms with Gasteiger partial charge in [-0.25, -0.2) is 0 Å². The zero-order valence-corrected chi connectivity index (χ0v) is 6.06. The lowest BCUT2D eigenvalue weighted by atomic mass is 10.3. The maximum Gasteiger partial charge on any atom is 0.118 e. The predicted molar refractivity (Wildman–Crippen MR) is 44.8 cm³/mol. The number of hydrogen-bond donors (Lipinski definition) is 3. The molecule has 0 bridgehead atoms. The molecule has 0 atom stereocenters. The molecule has 0 radical (unpaired) electrons. The molecule has 0 saturated carbocycles. The highest BCUT2D eigenvalue weighted by Gasteiger charge is 1.85. The first-order valence-electron chi connectivity index (χ1n) is 6.34. The van der Waals surface area contributed by atoms with Crippen molar-refractivity contribution >= 4 is 0 Å². The topological polar surface area (TPSA) is 64.1 Å². The van der Waals surface area contributed by atoms with Crippen LogP contribution < -0.4 is 16.8 Å². The minimum Gasteiger partial charge on any atom is -0.330 e. The van der Waals surface area contributed by atoms with Gasteiger partial charge in [0.2, 0.25) is 0 Å². The Morgan fingerprint density at radius 3 is 2.90 bits per heavy atom. The number of nitrogens with one attached hydrogen (secondary N) is 1. The van der Waals surface area contributed by atoms with E-state index in [1.807, 2.05) is 0 Å². The minimum atomic E-state index is -2.62. The predicted octanol–water partition coefficient (Wildman–Crippen LogP) is -0.336. The molecule has 62 valence electrons. The van der Waals surface area contributed by atoms with Crippen molar-refractivity contribution in [1.29, 1.82) is 0 Å². The van der Waals surface area contributed by atoms with Crippen molar-refractivity contribution in [3.8, 4) is 0 Å². The molecule has 10 heavy (non-hydrogen) atoms. The monoisotopic (exact) mass is 151 g/mol. The van der Waals surface area contributed by atoms with E-state index >= 15 is 0 Å². The summed E-state index contributed by atoms with van der Waals surface area (Å²) in [5.41, 5.74) is 5.05. The van der Waals surface area contributed by atoms with Crippen molar-refractivity contribution in [3.63, 3.8) is 0 Å². The molecule has 0 rings (SSSR count). The van der Waals surface area contributed by atoms with E-state index in [0.717, 1.165) is 6.42 Å². The maximum atomic E-state index is 7.48. The van der Waals surface area contributed by atoms with E-state index in [1.165, 1.54) is 0 Å². The molecule has 0 amide bonds. The Balaban J connectivity index is 4.04. The van der Waals surface area contributed by atoms with Gasteiger partial charge in [0, 0.05) is 5.48 Å². The molecule has 0 unspecified atom stereocenters. The fraction of sp³-hybridized carbons (Fsp3) is 1.00. The summed E-state index contributed by atoms with van der Waals surface area (Å²) in [6.45, 7) is -1.13. The first kappa shape index (κ1) is 3.52. The summed E-state index contributed by atoms with van der Waals surface area (Å²) in [5.74, 6) is 0. The van der Waals surface area contributed by atoms with Gasteiger partial charge in [-0.2, -0.15) is 0 Å². The largest absolute Gasteiger partial charge is 0.330 e. The molecule has 3 heteroatoms. The molecular formula is C7H19N3. The van der Waals surface area contributed by atoms with Gasteiger partial charge in [0.15, 0.2) is 0 Å². The lowest BCUT2D eigenvalue weighted by Gasteiger charge is -2.01. The molecule has 0 heterocycles. The number of nitrogens with two attached hydrogens (primary N) is 2. The van der Waals surface area contributed by atoms with Crippen molar-refractivity contribution < 1.29 is 8.31 Å². The van der Waals surface area contributed by atoms with E-state index in [1.54, 1.807) is 0 Å². The Labute approximate surface area is 71.7 Å². The molecule has 0 aromatic rings. The zero-order chi connectivity index (χ0) is 12.8. The summed E-state index contributed by atoms with van der Waals surface area (Å²) in [5, 5.41) is 2.93. The van der Waals surface area contributed by atoms with Crippen LogP contribution in [0.5, 0.6) is 0 Å². The highest BCUT2D eigenvalue weighted by molar-refractivity contribution is 4.49. The third kappa shape index (κ3) is 7.88. The molecule has 3 nitrogen and oxygen atoms in total. The van der Waals surface area contributed by atoms with Gasteiger partial charge < -0.3 is 16.8 Å². The Hall–Kier alpha value is -0.120. The van der Waals surface area contributed by atoms with Crippen LogP contribution in [0.1, 0.15) is 24.7 Å². The van der Waals surface area contributed by atoms with E-state index in [-0.39, 0.29) is 12.1 Å². The average Bonchev–Trinajstić information content (AvgIpc) is 2.16. The van der Waals surface area contributed by atoms with Gasteiger partial charge in [-0.15, -0.1) is 0 Å². The Morgan fingerprint density at radius 1 is 1.40 bits per heavy atom. The van der Waals surface area contributed by atoms with E-state index in [0.29, 0.717) is 19.6 Å². The molecule has 0 spiro atoms. The normalized spacial score (nSPS) is 22.2. The molecule has 0 fully saturated rings. The number of hydrogen-bond acceptors (Lipinski definition) is 3. The standard InChI is InChI=1S/C7H19N3/c8-4-1-2-6-10-7-3-5-9/h10H,1-9H2/i1D2,4D2/hD2. The lowest BCUT2D eigenvalue weighted by molar-refractivity contribution is 0.611. The van der Waals surface area contributed by atoms with Crippen molar-refractivity contribution in [1.82, 2.24) is 5.32 Å². The summed E-state index contributed by atoms with van der Waals surface area (Å²) in [6.07, 6.45) is -1.57. The Bertz CT molecular complexity index is 199. The lowest BCUT2D eigenvalue weighted by Crippen LogP contribution is -2.19. The molecule has 0 aliphatic carbocycles. The molecule has 0 aliphatic heterocycles. The van der Waals surface area contributed by atoms with Crippen LogP contribution in [0.2, 0.25) is 2.82 Å². The zero-order valence-electron chi connectivity index (χ0n) is 12.1. The molecule has 0 aliphatic rings. The summed E-state index contributed by atoms with van der Waals surface area (Å²) in [7, 11) is 0. The highest BCUT2D eigenvalue weighted by Crippen LogP contribution is 1.81. The fourth-order valence-corrected chi connectivity index (χ4v) is 0.559. The van der Waals surface area contributed by atoms with E-state index in [9.17, 15) is 0 Å². The van der Waals surface area contributed by atoms with Gasteiger partial charge in [-0.1, -0.05) is 0 Å². The van der Waals surface area contributed by atoms with Crippen LogP contribution in [0.15, 0.2) is 0 Å². The van der Waals surface area contributed by atoms with Gasteiger partial charge >= 0.3 is 0 Å². The smallest absolute Gasteiger partial charge is 0.118 e. The van der Waals surface area contributed by atoms with Crippen LogP contribution in [0.25, 0.3) is 0 Å². The summed E-state index contributed by atoms with van der Waals surface area (Å²) < 4.78 is 43.2. The second-order valence-corrected chi connectivity index (χ2v) is 1.93. The first-order valence-corrected chi connectivity index (χ1v) is 3.44.